The van der Waals surface area contributed by atoms with Crippen molar-refractivity contribution in [1.29, 1.82) is 0 Å². The Bertz CT molecular complexity index is 1330. The second kappa shape index (κ2) is 9.99. The van der Waals surface area contributed by atoms with E-state index in [1.54, 1.807) is 35.0 Å². The molecule has 4 aromatic rings. The highest BCUT2D eigenvalue weighted by Crippen LogP contribution is 2.34. The molecule has 1 aromatic heterocycles. The first kappa shape index (κ1) is 22.7. The molecule has 8 heteroatoms. The van der Waals surface area contributed by atoms with Gasteiger partial charge in [-0.25, -0.2) is 9.18 Å². The lowest BCUT2D eigenvalue weighted by atomic mass is 10.0. The minimum atomic E-state index is -1.14. The van der Waals surface area contributed by atoms with Crippen molar-refractivity contribution in [3.05, 3.63) is 95.8 Å². The van der Waals surface area contributed by atoms with Crippen LogP contribution in [0.4, 0.5) is 4.39 Å². The number of hydrogen-bond acceptors (Lipinski definition) is 4. The zero-order valence-electron chi connectivity index (χ0n) is 18.0. The minimum absolute atomic E-state index is 0.215. The quantitative estimate of drug-likeness (QED) is 0.382. The topological polar surface area (TPSA) is 102 Å². The van der Waals surface area contributed by atoms with Gasteiger partial charge in [0.1, 0.15) is 11.6 Å². The molecule has 0 aliphatic carbocycles. The van der Waals surface area contributed by atoms with Crippen LogP contribution in [-0.4, -0.2) is 38.5 Å². The van der Waals surface area contributed by atoms with Crippen molar-refractivity contribution in [2.75, 3.05) is 6.61 Å². The Morgan fingerprint density at radius 3 is 2.38 bits per heavy atom. The van der Waals surface area contributed by atoms with Crippen LogP contribution in [0.2, 0.25) is 0 Å². The Labute approximate surface area is 194 Å². The predicted molar refractivity (Wildman–Crippen MR) is 123 cm³/mol. The molecule has 0 atom stereocenters. The number of aliphatic carboxylic acids is 2. The number of carboxylic acid groups (broad SMARTS) is 2. The van der Waals surface area contributed by atoms with Crippen LogP contribution in [0.3, 0.4) is 0 Å². The van der Waals surface area contributed by atoms with E-state index in [9.17, 15) is 19.1 Å². The maximum Gasteiger partial charge on any atom is 0.341 e. The molecule has 0 saturated carbocycles. The van der Waals surface area contributed by atoms with E-state index in [0.29, 0.717) is 34.6 Å². The van der Waals surface area contributed by atoms with Gasteiger partial charge in [-0.05, 0) is 41.5 Å². The van der Waals surface area contributed by atoms with Crippen LogP contribution in [0.15, 0.2) is 78.9 Å². The smallest absolute Gasteiger partial charge is 0.341 e. The second-order valence-electron chi connectivity index (χ2n) is 7.65. The normalized spacial score (nSPS) is 10.7. The van der Waals surface area contributed by atoms with Crippen LogP contribution in [0.5, 0.6) is 5.75 Å². The van der Waals surface area contributed by atoms with Gasteiger partial charge in [0.25, 0.3) is 0 Å². The Balaban J connectivity index is 1.83. The van der Waals surface area contributed by atoms with E-state index < -0.39 is 18.5 Å². The molecule has 4 rings (SSSR count). The summed E-state index contributed by atoms with van der Waals surface area (Å²) < 4.78 is 21.2. The van der Waals surface area contributed by atoms with E-state index in [-0.39, 0.29) is 18.0 Å². The Morgan fingerprint density at radius 1 is 0.882 bits per heavy atom. The van der Waals surface area contributed by atoms with E-state index in [1.165, 1.54) is 18.2 Å². The van der Waals surface area contributed by atoms with Crippen molar-refractivity contribution in [2.24, 2.45) is 0 Å². The van der Waals surface area contributed by atoms with E-state index in [1.807, 2.05) is 30.3 Å². The SMILES string of the molecule is O=C(O)COc1ccc(CC(=O)O)cc1-c1cc(-c2cccc(F)c2)n(Cc2ccccc2)n1. The molecule has 0 radical (unpaired) electrons. The molecule has 172 valence electrons. The number of nitrogens with zero attached hydrogens (tertiary/aromatic N) is 2. The molecule has 0 spiro atoms. The number of hydrogen-bond donors (Lipinski definition) is 2. The first-order valence-electron chi connectivity index (χ1n) is 10.5. The maximum absolute atomic E-state index is 14.0. The summed E-state index contributed by atoms with van der Waals surface area (Å²) in [6, 6.07) is 22.3. The molecule has 0 amide bonds. The Hall–Kier alpha value is -4.46. The number of aromatic nitrogens is 2. The third-order valence-corrected chi connectivity index (χ3v) is 5.10. The Kier molecular flexibility index (Phi) is 6.68. The molecular formula is C26H21FN2O5. The lowest BCUT2D eigenvalue weighted by molar-refractivity contribution is -0.139. The van der Waals surface area contributed by atoms with Crippen molar-refractivity contribution < 1.29 is 28.9 Å². The molecule has 0 saturated heterocycles. The van der Waals surface area contributed by atoms with E-state index in [0.717, 1.165) is 5.56 Å². The average molecular weight is 460 g/mol. The molecule has 0 unspecified atom stereocenters. The zero-order valence-corrected chi connectivity index (χ0v) is 18.0. The average Bonchev–Trinajstić information content (AvgIpc) is 3.22. The van der Waals surface area contributed by atoms with E-state index in [2.05, 4.69) is 0 Å². The fourth-order valence-corrected chi connectivity index (χ4v) is 3.63. The van der Waals surface area contributed by atoms with Crippen LogP contribution in [0, 0.1) is 5.82 Å². The van der Waals surface area contributed by atoms with Crippen molar-refractivity contribution in [2.45, 2.75) is 13.0 Å². The predicted octanol–water partition coefficient (Wildman–Crippen LogP) is 4.50. The third-order valence-electron chi connectivity index (χ3n) is 5.10. The molecule has 1 heterocycles. The molecular weight excluding hydrogens is 439 g/mol. The molecule has 0 bridgehead atoms. The van der Waals surface area contributed by atoms with Crippen molar-refractivity contribution in [1.82, 2.24) is 9.78 Å². The monoisotopic (exact) mass is 460 g/mol. The molecule has 3 aromatic carbocycles. The third kappa shape index (κ3) is 5.47. The molecule has 0 fully saturated rings. The summed E-state index contributed by atoms with van der Waals surface area (Å²) in [5.74, 6) is -2.28. The van der Waals surface area contributed by atoms with Gasteiger partial charge in [0, 0.05) is 11.1 Å². The van der Waals surface area contributed by atoms with Crippen LogP contribution < -0.4 is 4.74 Å². The summed E-state index contributed by atoms with van der Waals surface area (Å²) in [7, 11) is 0. The van der Waals surface area contributed by atoms with Gasteiger partial charge in [-0.15, -0.1) is 0 Å². The van der Waals surface area contributed by atoms with E-state index in [4.69, 9.17) is 14.9 Å². The van der Waals surface area contributed by atoms with Gasteiger partial charge in [0.15, 0.2) is 6.61 Å². The maximum atomic E-state index is 14.0. The van der Waals surface area contributed by atoms with Crippen LogP contribution in [0.25, 0.3) is 22.5 Å². The van der Waals surface area contributed by atoms with Gasteiger partial charge in [0.05, 0.1) is 24.4 Å². The number of halogens is 1. The standard InChI is InChI=1S/C26H21FN2O5/c27-20-8-4-7-19(13-20)23-14-22(28-29(23)15-17-5-2-1-3-6-17)21-11-18(12-25(30)31)9-10-24(21)34-16-26(32)33/h1-11,13-14H,12,15-16H2,(H,30,31)(H,32,33). The zero-order chi connectivity index (χ0) is 24.1. The highest BCUT2D eigenvalue weighted by atomic mass is 19.1. The van der Waals surface area contributed by atoms with E-state index >= 15 is 0 Å². The summed E-state index contributed by atoms with van der Waals surface area (Å²) >= 11 is 0. The fourth-order valence-electron chi connectivity index (χ4n) is 3.63. The minimum Gasteiger partial charge on any atom is -0.481 e. The van der Waals surface area contributed by atoms with Crippen molar-refractivity contribution in [3.8, 4) is 28.3 Å². The lowest BCUT2D eigenvalue weighted by Gasteiger charge is -2.10. The number of carbonyl (C=O) groups is 2. The number of benzene rings is 3. The summed E-state index contributed by atoms with van der Waals surface area (Å²) in [5.41, 5.74) is 3.65. The first-order valence-corrected chi connectivity index (χ1v) is 10.5. The largest absolute Gasteiger partial charge is 0.481 e. The van der Waals surface area contributed by atoms with Gasteiger partial charge in [-0.2, -0.15) is 5.10 Å². The van der Waals surface area contributed by atoms with Crippen LogP contribution >= 0.6 is 0 Å². The van der Waals surface area contributed by atoms with Gasteiger partial charge < -0.3 is 14.9 Å². The summed E-state index contributed by atoms with van der Waals surface area (Å²) in [6.45, 7) is -0.153. The highest BCUT2D eigenvalue weighted by molar-refractivity contribution is 5.76. The van der Waals surface area contributed by atoms with Crippen LogP contribution in [-0.2, 0) is 22.6 Å². The number of carboxylic acids is 2. The summed E-state index contributed by atoms with van der Waals surface area (Å²) in [5, 5.41) is 22.9. The Morgan fingerprint density at radius 2 is 1.68 bits per heavy atom. The van der Waals surface area contributed by atoms with Crippen molar-refractivity contribution in [3.63, 3.8) is 0 Å². The summed E-state index contributed by atoms with van der Waals surface area (Å²) in [6.07, 6.45) is -0.215. The molecule has 7 nitrogen and oxygen atoms in total. The molecule has 0 aliphatic rings. The summed E-state index contributed by atoms with van der Waals surface area (Å²) in [4.78, 5) is 22.3. The number of ether oxygens (including phenoxy) is 1. The molecule has 0 aliphatic heterocycles. The van der Waals surface area contributed by atoms with Gasteiger partial charge >= 0.3 is 11.9 Å². The van der Waals surface area contributed by atoms with Gasteiger partial charge in [-0.1, -0.05) is 48.5 Å². The lowest BCUT2D eigenvalue weighted by Crippen LogP contribution is -2.10. The van der Waals surface area contributed by atoms with Crippen LogP contribution in [0.1, 0.15) is 11.1 Å². The van der Waals surface area contributed by atoms with Gasteiger partial charge in [0.2, 0.25) is 0 Å². The first-order chi connectivity index (χ1) is 16.4. The molecule has 2 N–H and O–H groups in total. The second-order valence-corrected chi connectivity index (χ2v) is 7.65. The fraction of sp³-hybridized carbons (Fsp3) is 0.115. The molecule has 34 heavy (non-hydrogen) atoms. The highest BCUT2D eigenvalue weighted by Gasteiger charge is 2.18. The number of rotatable bonds is 9. The van der Waals surface area contributed by atoms with Crippen molar-refractivity contribution >= 4 is 11.9 Å². The van der Waals surface area contributed by atoms with Gasteiger partial charge in [-0.3, -0.25) is 9.48 Å².